The average Bonchev–Trinajstić information content (AvgIpc) is 2.70. The van der Waals surface area contributed by atoms with Crippen molar-refractivity contribution in [1.29, 1.82) is 0 Å². The molecule has 5 nitrogen and oxygen atoms in total. The number of fused-ring (bicyclic) bond motifs is 1. The van der Waals surface area contributed by atoms with Crippen LogP contribution in [0.4, 0.5) is 4.39 Å². The summed E-state index contributed by atoms with van der Waals surface area (Å²) >= 11 is 0. The summed E-state index contributed by atoms with van der Waals surface area (Å²) in [6.07, 6.45) is 6.07. The van der Waals surface area contributed by atoms with Gasteiger partial charge in [0.15, 0.2) is 0 Å². The summed E-state index contributed by atoms with van der Waals surface area (Å²) in [6.45, 7) is 6.27. The Kier molecular flexibility index (Phi) is 7.19. The minimum absolute atomic E-state index is 0.266. The number of hydrogen-bond donors (Lipinski definition) is 2. The maximum Gasteiger partial charge on any atom is 0.326 e. The van der Waals surface area contributed by atoms with Crippen LogP contribution < -0.4 is 10.1 Å². The van der Waals surface area contributed by atoms with E-state index in [1.807, 2.05) is 20.8 Å². The van der Waals surface area contributed by atoms with E-state index in [0.29, 0.717) is 35.5 Å². The van der Waals surface area contributed by atoms with E-state index >= 15 is 0 Å². The lowest BCUT2D eigenvalue weighted by Crippen LogP contribution is -2.43. The standard InChI is InChI=1S/C25H32FNO4/c1-25(2,3)14-21(24(29)30)27-23(28)20-11-9-17-13-18(26)10-12-19(17)22(20)31-15-16-7-5-4-6-8-16/h9-13,16,21H,4-8,14-15H2,1-3H3,(H,27,28)(H,29,30)/t21-/m0/s1. The molecule has 0 aromatic heterocycles. The van der Waals surface area contributed by atoms with E-state index in [4.69, 9.17) is 4.74 Å². The fraction of sp³-hybridized carbons (Fsp3) is 0.520. The number of benzene rings is 2. The number of carbonyl (C=O) groups excluding carboxylic acids is 1. The second kappa shape index (κ2) is 9.67. The molecule has 1 atom stereocenters. The minimum Gasteiger partial charge on any atom is -0.492 e. The van der Waals surface area contributed by atoms with Gasteiger partial charge in [0.1, 0.15) is 17.6 Å². The molecule has 2 N–H and O–H groups in total. The van der Waals surface area contributed by atoms with Gasteiger partial charge in [-0.05, 0) is 60.2 Å². The van der Waals surface area contributed by atoms with Gasteiger partial charge in [-0.1, -0.05) is 46.1 Å². The molecule has 3 rings (SSSR count). The molecule has 0 saturated heterocycles. The Morgan fingerprint density at radius 1 is 1.16 bits per heavy atom. The molecular formula is C25H32FNO4. The van der Waals surface area contributed by atoms with Crippen molar-refractivity contribution in [2.75, 3.05) is 6.61 Å². The average molecular weight is 430 g/mol. The Hall–Kier alpha value is -2.63. The summed E-state index contributed by atoms with van der Waals surface area (Å²) in [6, 6.07) is 6.61. The Morgan fingerprint density at radius 2 is 1.87 bits per heavy atom. The van der Waals surface area contributed by atoms with Crippen LogP contribution in [0.15, 0.2) is 30.3 Å². The van der Waals surface area contributed by atoms with Gasteiger partial charge in [-0.2, -0.15) is 0 Å². The van der Waals surface area contributed by atoms with Gasteiger partial charge in [-0.3, -0.25) is 4.79 Å². The van der Waals surface area contributed by atoms with Gasteiger partial charge < -0.3 is 15.2 Å². The van der Waals surface area contributed by atoms with Crippen LogP contribution in [0.2, 0.25) is 0 Å². The van der Waals surface area contributed by atoms with Gasteiger partial charge in [0.2, 0.25) is 0 Å². The SMILES string of the molecule is CC(C)(C)C[C@H](NC(=O)c1ccc2cc(F)ccc2c1OCC1CCCCC1)C(=O)O. The van der Waals surface area contributed by atoms with E-state index < -0.39 is 17.9 Å². The summed E-state index contributed by atoms with van der Waals surface area (Å²) in [7, 11) is 0. The highest BCUT2D eigenvalue weighted by Gasteiger charge is 2.28. The lowest BCUT2D eigenvalue weighted by Gasteiger charge is -2.25. The molecule has 2 aromatic carbocycles. The Balaban J connectivity index is 1.91. The second-order valence-corrected chi connectivity index (χ2v) is 9.75. The number of aliphatic carboxylic acids is 1. The van der Waals surface area contributed by atoms with E-state index in [9.17, 15) is 19.1 Å². The Bertz CT molecular complexity index is 944. The molecule has 1 aliphatic carbocycles. The second-order valence-electron chi connectivity index (χ2n) is 9.75. The van der Waals surface area contributed by atoms with Gasteiger partial charge in [-0.25, -0.2) is 9.18 Å². The van der Waals surface area contributed by atoms with Crippen molar-refractivity contribution in [3.8, 4) is 5.75 Å². The number of rotatable bonds is 7. The fourth-order valence-electron chi connectivity index (χ4n) is 4.21. The van der Waals surface area contributed by atoms with Crippen molar-refractivity contribution in [3.63, 3.8) is 0 Å². The number of carboxylic acids is 1. The highest BCUT2D eigenvalue weighted by Crippen LogP contribution is 2.33. The van der Waals surface area contributed by atoms with Crippen LogP contribution in [-0.4, -0.2) is 29.6 Å². The third-order valence-corrected chi connectivity index (χ3v) is 5.79. The van der Waals surface area contributed by atoms with Crippen molar-refractivity contribution >= 4 is 22.6 Å². The first-order chi connectivity index (χ1) is 14.6. The van der Waals surface area contributed by atoms with Crippen LogP contribution >= 0.6 is 0 Å². The molecular weight excluding hydrogens is 397 g/mol. The molecule has 0 bridgehead atoms. The summed E-state index contributed by atoms with van der Waals surface area (Å²) in [5.74, 6) is -1.12. The Labute approximate surface area is 183 Å². The highest BCUT2D eigenvalue weighted by atomic mass is 19.1. The van der Waals surface area contributed by atoms with E-state index in [1.54, 1.807) is 18.2 Å². The molecule has 31 heavy (non-hydrogen) atoms. The van der Waals surface area contributed by atoms with E-state index in [1.165, 1.54) is 31.4 Å². The maximum atomic E-state index is 13.7. The highest BCUT2D eigenvalue weighted by molar-refractivity contribution is 6.04. The van der Waals surface area contributed by atoms with Crippen molar-refractivity contribution in [3.05, 3.63) is 41.7 Å². The smallest absolute Gasteiger partial charge is 0.326 e. The Morgan fingerprint density at radius 3 is 2.52 bits per heavy atom. The van der Waals surface area contributed by atoms with Crippen LogP contribution in [0.25, 0.3) is 10.8 Å². The van der Waals surface area contributed by atoms with Gasteiger partial charge in [0, 0.05) is 5.39 Å². The number of ether oxygens (including phenoxy) is 1. The zero-order chi connectivity index (χ0) is 22.6. The summed E-state index contributed by atoms with van der Waals surface area (Å²) in [4.78, 5) is 24.8. The molecule has 1 fully saturated rings. The van der Waals surface area contributed by atoms with Gasteiger partial charge in [0.05, 0.1) is 12.2 Å². The van der Waals surface area contributed by atoms with Crippen LogP contribution in [0.3, 0.4) is 0 Å². The van der Waals surface area contributed by atoms with Crippen molar-refractivity contribution in [2.45, 2.75) is 65.3 Å². The molecule has 0 radical (unpaired) electrons. The van der Waals surface area contributed by atoms with E-state index in [0.717, 1.165) is 12.8 Å². The summed E-state index contributed by atoms with van der Waals surface area (Å²) in [5, 5.41) is 13.5. The quantitative estimate of drug-likeness (QED) is 0.604. The topological polar surface area (TPSA) is 75.6 Å². The maximum absolute atomic E-state index is 13.7. The van der Waals surface area contributed by atoms with Gasteiger partial charge in [-0.15, -0.1) is 0 Å². The molecule has 1 amide bonds. The number of carboxylic acid groups (broad SMARTS) is 1. The van der Waals surface area contributed by atoms with E-state index in [2.05, 4.69) is 5.32 Å². The number of amides is 1. The molecule has 0 aliphatic heterocycles. The third kappa shape index (κ3) is 6.18. The monoisotopic (exact) mass is 429 g/mol. The van der Waals surface area contributed by atoms with Crippen LogP contribution in [0, 0.1) is 17.2 Å². The van der Waals surface area contributed by atoms with Crippen LogP contribution in [0.5, 0.6) is 5.75 Å². The number of nitrogens with one attached hydrogen (secondary N) is 1. The first-order valence-electron chi connectivity index (χ1n) is 11.0. The molecule has 1 aliphatic rings. The van der Waals surface area contributed by atoms with Gasteiger partial charge in [0.25, 0.3) is 5.91 Å². The molecule has 0 heterocycles. The van der Waals surface area contributed by atoms with Crippen molar-refractivity contribution in [1.82, 2.24) is 5.32 Å². The molecule has 6 heteroatoms. The predicted octanol–water partition coefficient (Wildman–Crippen LogP) is 5.56. The number of hydrogen-bond acceptors (Lipinski definition) is 3. The zero-order valence-electron chi connectivity index (χ0n) is 18.5. The van der Waals surface area contributed by atoms with Crippen LogP contribution in [-0.2, 0) is 4.79 Å². The normalized spacial score (nSPS) is 16.1. The van der Waals surface area contributed by atoms with Crippen LogP contribution in [0.1, 0.15) is 69.7 Å². The largest absolute Gasteiger partial charge is 0.492 e. The molecule has 0 spiro atoms. The number of halogens is 1. The first kappa shape index (κ1) is 23.0. The fourth-order valence-corrected chi connectivity index (χ4v) is 4.21. The first-order valence-corrected chi connectivity index (χ1v) is 11.0. The molecule has 1 saturated carbocycles. The lowest BCUT2D eigenvalue weighted by molar-refractivity contribution is -0.140. The lowest BCUT2D eigenvalue weighted by atomic mass is 9.88. The van der Waals surface area contributed by atoms with Crippen molar-refractivity contribution < 1.29 is 23.8 Å². The third-order valence-electron chi connectivity index (χ3n) is 5.79. The van der Waals surface area contributed by atoms with Gasteiger partial charge >= 0.3 is 5.97 Å². The summed E-state index contributed by atoms with van der Waals surface area (Å²) in [5.41, 5.74) is 0.00691. The predicted molar refractivity (Wildman–Crippen MR) is 119 cm³/mol. The minimum atomic E-state index is -1.07. The zero-order valence-corrected chi connectivity index (χ0v) is 18.5. The summed E-state index contributed by atoms with van der Waals surface area (Å²) < 4.78 is 19.9. The molecule has 168 valence electrons. The number of carbonyl (C=O) groups is 2. The van der Waals surface area contributed by atoms with Crippen molar-refractivity contribution in [2.24, 2.45) is 11.3 Å². The molecule has 0 unspecified atom stereocenters. The molecule has 2 aromatic rings. The van der Waals surface area contributed by atoms with E-state index in [-0.39, 0.29) is 16.8 Å².